The summed E-state index contributed by atoms with van der Waals surface area (Å²) >= 11 is 0. The summed E-state index contributed by atoms with van der Waals surface area (Å²) in [6, 6.07) is 0. The van der Waals surface area contributed by atoms with Gasteiger partial charge in [0.05, 0.1) is 25.7 Å². The molecular formula is C24H42NO8P. The second-order valence-electron chi connectivity index (χ2n) is 8.65. The number of phosphoric ester groups is 1. The highest BCUT2D eigenvalue weighted by Crippen LogP contribution is 2.38. The Morgan fingerprint density at radius 2 is 1.85 bits per heavy atom. The van der Waals surface area contributed by atoms with Gasteiger partial charge in [0.25, 0.3) is 7.82 Å². The van der Waals surface area contributed by atoms with Crippen molar-refractivity contribution in [2.75, 3.05) is 19.6 Å². The topological polar surface area (TPSA) is 127 Å². The number of ether oxygens (including phenoxy) is 2. The Kier molecular flexibility index (Phi) is 15.3. The summed E-state index contributed by atoms with van der Waals surface area (Å²) in [5.41, 5.74) is 0. The highest BCUT2D eigenvalue weighted by molar-refractivity contribution is 7.44. The van der Waals surface area contributed by atoms with Crippen LogP contribution in [0.25, 0.3) is 0 Å². The van der Waals surface area contributed by atoms with E-state index in [1.165, 1.54) is 32.6 Å². The molecule has 0 saturated carbocycles. The molecule has 1 aliphatic heterocycles. The number of cyclic esters (lactones) is 1. The zero-order valence-corrected chi connectivity index (χ0v) is 22.4. The molecule has 1 aliphatic rings. The molecule has 0 saturated heterocycles. The first kappa shape index (κ1) is 32.3. The van der Waals surface area contributed by atoms with Crippen molar-refractivity contribution in [2.45, 2.75) is 79.6 Å². The molecule has 196 valence electrons. The second-order valence-corrected chi connectivity index (χ2v) is 9.80. The average molecular weight is 504 g/mol. The number of quaternary nitrogens is 1. The van der Waals surface area contributed by atoms with Gasteiger partial charge in [0.2, 0.25) is 0 Å². The number of rotatable bonds is 12. The molecule has 34 heavy (non-hydrogen) atoms. The van der Waals surface area contributed by atoms with Gasteiger partial charge in [-0.25, -0.2) is 4.79 Å². The highest BCUT2D eigenvalue weighted by atomic mass is 31.2. The minimum atomic E-state index is -5.03. The van der Waals surface area contributed by atoms with Crippen LogP contribution < -0.4 is 9.79 Å². The predicted molar refractivity (Wildman–Crippen MR) is 127 cm³/mol. The van der Waals surface area contributed by atoms with Gasteiger partial charge in [0.15, 0.2) is 6.10 Å². The van der Waals surface area contributed by atoms with Gasteiger partial charge in [0, 0.05) is 24.8 Å². The molecule has 9 nitrogen and oxygen atoms in total. The lowest BCUT2D eigenvalue weighted by molar-refractivity contribution is -0.894. The third-order valence-electron chi connectivity index (χ3n) is 6.06. The van der Waals surface area contributed by atoms with Crippen molar-refractivity contribution in [3.63, 3.8) is 0 Å². The quantitative estimate of drug-likeness (QED) is 0.233. The van der Waals surface area contributed by atoms with Crippen molar-refractivity contribution >= 4 is 19.8 Å². The summed E-state index contributed by atoms with van der Waals surface area (Å²) in [6.45, 7) is 17.0. The molecule has 0 aromatic rings. The van der Waals surface area contributed by atoms with Crippen LogP contribution >= 0.6 is 7.82 Å². The minimum Gasteiger partial charge on any atom is -0.756 e. The molecule has 0 aliphatic carbocycles. The predicted octanol–water partition coefficient (Wildman–Crippen LogP) is 1.50. The molecule has 0 spiro atoms. The van der Waals surface area contributed by atoms with Crippen molar-refractivity contribution in [3.8, 4) is 12.3 Å². The zero-order chi connectivity index (χ0) is 26.5. The van der Waals surface area contributed by atoms with E-state index in [2.05, 4.69) is 26.7 Å². The molecule has 0 bridgehead atoms. The average Bonchev–Trinajstić information content (AvgIpc) is 2.76. The van der Waals surface area contributed by atoms with Gasteiger partial charge in [-0.1, -0.05) is 32.8 Å². The van der Waals surface area contributed by atoms with Gasteiger partial charge >= 0.3 is 11.9 Å². The van der Waals surface area contributed by atoms with Gasteiger partial charge in [-0.3, -0.25) is 9.36 Å². The van der Waals surface area contributed by atoms with E-state index in [4.69, 9.17) is 25.3 Å². The number of phosphoric acid groups is 1. The van der Waals surface area contributed by atoms with Crippen LogP contribution in [-0.2, 0) is 28.2 Å². The fraction of sp³-hybridized carbons (Fsp3) is 0.750. The number of nitrogens with one attached hydrogen (secondary N) is 1. The summed E-state index contributed by atoms with van der Waals surface area (Å²) in [4.78, 5) is 44.7. The van der Waals surface area contributed by atoms with E-state index in [1.807, 2.05) is 13.8 Å². The molecule has 0 amide bonds. The Labute approximate surface area is 204 Å². The van der Waals surface area contributed by atoms with Crippen molar-refractivity contribution < 1.29 is 42.8 Å². The summed E-state index contributed by atoms with van der Waals surface area (Å²) in [5.74, 6) is 0.476. The van der Waals surface area contributed by atoms with E-state index >= 15 is 0 Å². The molecule has 2 N–H and O–H groups in total. The maximum Gasteiger partial charge on any atom is 0.330 e. The lowest BCUT2D eigenvalue weighted by atomic mass is 9.85. The molecule has 10 heteroatoms. The molecule has 1 unspecified atom stereocenters. The van der Waals surface area contributed by atoms with Crippen LogP contribution in [0.1, 0.15) is 61.3 Å². The SMILES string of the molecule is C#C[C@H](OC(C)=O)[C@H](C)[C@H](CC[C@H](C)[C@@H]1OC(=O)C=C[C@@H]1C)OP(=O)([O-])O.CC[NH+](CC)CC. The Hall–Kier alpha value is -1.69. The molecule has 1 rings (SSSR count). The fourth-order valence-corrected chi connectivity index (χ4v) is 4.49. The monoisotopic (exact) mass is 503 g/mol. The first-order valence-electron chi connectivity index (χ1n) is 11.9. The van der Waals surface area contributed by atoms with Crippen LogP contribution in [0, 0.1) is 30.1 Å². The number of carbonyl (C=O) groups excluding carboxylic acids is 2. The smallest absolute Gasteiger partial charge is 0.330 e. The lowest BCUT2D eigenvalue weighted by Gasteiger charge is -2.34. The van der Waals surface area contributed by atoms with E-state index in [1.54, 1.807) is 17.9 Å². The minimum absolute atomic E-state index is 0.0115. The van der Waals surface area contributed by atoms with E-state index in [9.17, 15) is 19.0 Å². The zero-order valence-electron chi connectivity index (χ0n) is 21.5. The molecule has 1 heterocycles. The Morgan fingerprint density at radius 1 is 1.29 bits per heavy atom. The number of terminal acetylenes is 1. The van der Waals surface area contributed by atoms with Crippen molar-refractivity contribution in [2.24, 2.45) is 17.8 Å². The van der Waals surface area contributed by atoms with Crippen molar-refractivity contribution in [1.82, 2.24) is 0 Å². The normalized spacial score (nSPS) is 22.8. The first-order chi connectivity index (χ1) is 15.8. The van der Waals surface area contributed by atoms with Crippen molar-refractivity contribution in [3.05, 3.63) is 12.2 Å². The second kappa shape index (κ2) is 16.1. The molecule has 0 radical (unpaired) electrons. The van der Waals surface area contributed by atoms with Crippen LogP contribution in [0.5, 0.6) is 0 Å². The van der Waals surface area contributed by atoms with E-state index in [0.29, 0.717) is 6.42 Å². The lowest BCUT2D eigenvalue weighted by Crippen LogP contribution is -3.11. The summed E-state index contributed by atoms with van der Waals surface area (Å²) in [7, 11) is -5.03. The third kappa shape index (κ3) is 12.7. The molecule has 0 aromatic carbocycles. The van der Waals surface area contributed by atoms with Crippen LogP contribution in [-0.4, -0.2) is 54.8 Å². The third-order valence-corrected chi connectivity index (χ3v) is 6.60. The van der Waals surface area contributed by atoms with Crippen LogP contribution in [0.4, 0.5) is 0 Å². The molecular weight excluding hydrogens is 461 g/mol. The van der Waals surface area contributed by atoms with Gasteiger partial charge < -0.3 is 28.7 Å². The number of carbonyl (C=O) groups is 2. The molecule has 0 aromatic heterocycles. The summed E-state index contributed by atoms with van der Waals surface area (Å²) in [6.07, 6.45) is 6.76. The summed E-state index contributed by atoms with van der Waals surface area (Å²) < 4.78 is 26.4. The van der Waals surface area contributed by atoms with Crippen molar-refractivity contribution in [1.29, 1.82) is 0 Å². The van der Waals surface area contributed by atoms with E-state index < -0.39 is 37.9 Å². The van der Waals surface area contributed by atoms with Crippen LogP contribution in [0.2, 0.25) is 0 Å². The van der Waals surface area contributed by atoms with Gasteiger partial charge in [-0.2, -0.15) is 0 Å². The maximum atomic E-state index is 11.5. The Bertz CT molecular complexity index is 734. The van der Waals surface area contributed by atoms with Gasteiger partial charge in [-0.15, -0.1) is 6.42 Å². The first-order valence-corrected chi connectivity index (χ1v) is 13.4. The maximum absolute atomic E-state index is 11.5. The fourth-order valence-electron chi connectivity index (χ4n) is 3.85. The summed E-state index contributed by atoms with van der Waals surface area (Å²) in [5, 5.41) is 0. The van der Waals surface area contributed by atoms with E-state index in [0.717, 1.165) is 0 Å². The number of hydrogen-bond donors (Lipinski definition) is 2. The highest BCUT2D eigenvalue weighted by Gasteiger charge is 2.33. The van der Waals surface area contributed by atoms with Crippen LogP contribution in [0.15, 0.2) is 12.2 Å². The number of hydrogen-bond acceptors (Lipinski definition) is 7. The molecule has 0 fully saturated rings. The largest absolute Gasteiger partial charge is 0.756 e. The molecule has 7 atom stereocenters. The number of esters is 2. The van der Waals surface area contributed by atoms with Gasteiger partial charge in [0.1, 0.15) is 6.10 Å². The van der Waals surface area contributed by atoms with E-state index in [-0.39, 0.29) is 24.4 Å². The van der Waals surface area contributed by atoms with Gasteiger partial charge in [-0.05, 0) is 39.5 Å². The Morgan fingerprint density at radius 3 is 2.26 bits per heavy atom. The Balaban J connectivity index is 0.00000135. The van der Waals surface area contributed by atoms with Crippen LogP contribution in [0.3, 0.4) is 0 Å². The standard InChI is InChI=1S/C18H27O8P.C6H15N/c1-6-15(24-14(5)19)13(4)16(26-27(21,22)23)9-7-11(2)18-12(3)8-10-17(20)25-18;1-4-7(5-2)6-3/h1,8,10-13,15-16,18H,7,9H2,2-5H3,(H2,21,22,23);4-6H2,1-3H3/t11-,12-,13-,15-,16-,18-;/m0./s1.